The average Bonchev–Trinajstić information content (AvgIpc) is 2.55. The normalized spacial score (nSPS) is 25.8. The van der Waals surface area contributed by atoms with Crippen molar-refractivity contribution in [3.05, 3.63) is 9.77 Å². The fraction of sp³-hybridized carbons (Fsp3) is 0.769. The first-order chi connectivity index (χ1) is 8.22. The van der Waals surface area contributed by atoms with Crippen LogP contribution in [0.2, 0.25) is 0 Å². The lowest BCUT2D eigenvalue weighted by atomic mass is 9.95. The Labute approximate surface area is 117 Å². The number of rotatable bonds is 3. The Morgan fingerprint density at radius 3 is 2.88 bits per heavy atom. The molecule has 4 heteroatoms. The van der Waals surface area contributed by atoms with Gasteiger partial charge in [0.1, 0.15) is 5.82 Å². The molecule has 2 N–H and O–H groups in total. The Balaban J connectivity index is 2.01. The van der Waals surface area contributed by atoms with Gasteiger partial charge in [0.25, 0.3) is 0 Å². The fourth-order valence-electron chi connectivity index (χ4n) is 2.94. The van der Waals surface area contributed by atoms with E-state index in [1.54, 1.807) is 0 Å². The molecule has 0 spiro atoms. The van der Waals surface area contributed by atoms with Crippen LogP contribution < -0.4 is 5.73 Å². The van der Waals surface area contributed by atoms with Crippen molar-refractivity contribution in [3.63, 3.8) is 0 Å². The van der Waals surface area contributed by atoms with Crippen molar-refractivity contribution >= 4 is 28.4 Å². The third kappa shape index (κ3) is 3.14. The molecule has 2 rings (SSSR count). The van der Waals surface area contributed by atoms with E-state index >= 15 is 0 Å². The third-order valence-electron chi connectivity index (χ3n) is 3.89. The van der Waals surface area contributed by atoms with Crippen LogP contribution in [0.1, 0.15) is 57.9 Å². The summed E-state index contributed by atoms with van der Waals surface area (Å²) >= 11 is 2.26. The van der Waals surface area contributed by atoms with E-state index in [0.29, 0.717) is 6.04 Å². The largest absolute Gasteiger partial charge is 0.383 e. The first kappa shape index (κ1) is 13.2. The molecule has 96 valence electrons. The van der Waals surface area contributed by atoms with Gasteiger partial charge in [-0.2, -0.15) is 5.10 Å². The summed E-state index contributed by atoms with van der Waals surface area (Å²) in [7, 11) is 0. The first-order valence-electron chi connectivity index (χ1n) is 6.70. The summed E-state index contributed by atoms with van der Waals surface area (Å²) in [4.78, 5) is 0. The average molecular weight is 347 g/mol. The van der Waals surface area contributed by atoms with Crippen LogP contribution in [0.15, 0.2) is 6.20 Å². The number of halogens is 1. The summed E-state index contributed by atoms with van der Waals surface area (Å²) in [6.07, 6.45) is 11.1. The van der Waals surface area contributed by atoms with Crippen LogP contribution in [-0.4, -0.2) is 9.78 Å². The molecule has 0 saturated heterocycles. The number of aromatic nitrogens is 2. The molecular weight excluding hydrogens is 325 g/mol. The summed E-state index contributed by atoms with van der Waals surface area (Å²) in [5.74, 6) is 1.78. The van der Waals surface area contributed by atoms with Crippen LogP contribution in [0.25, 0.3) is 0 Å². The summed E-state index contributed by atoms with van der Waals surface area (Å²) in [5, 5.41) is 4.44. The minimum Gasteiger partial charge on any atom is -0.383 e. The molecule has 0 radical (unpaired) electrons. The van der Waals surface area contributed by atoms with Crippen LogP contribution in [0.5, 0.6) is 0 Å². The van der Waals surface area contributed by atoms with Gasteiger partial charge in [-0.25, -0.2) is 4.68 Å². The van der Waals surface area contributed by atoms with E-state index in [0.717, 1.165) is 15.3 Å². The van der Waals surface area contributed by atoms with E-state index in [1.165, 1.54) is 44.9 Å². The molecule has 0 aliphatic heterocycles. The number of nitrogen functional groups attached to an aromatic ring is 1. The van der Waals surface area contributed by atoms with Gasteiger partial charge in [0.2, 0.25) is 0 Å². The minimum absolute atomic E-state index is 0.528. The van der Waals surface area contributed by atoms with Crippen molar-refractivity contribution in [3.8, 4) is 0 Å². The van der Waals surface area contributed by atoms with Crippen LogP contribution in [0, 0.1) is 9.49 Å². The molecule has 1 aliphatic carbocycles. The van der Waals surface area contributed by atoms with E-state index in [4.69, 9.17) is 5.73 Å². The van der Waals surface area contributed by atoms with Gasteiger partial charge in [-0.1, -0.05) is 32.6 Å². The highest BCUT2D eigenvalue weighted by Gasteiger charge is 2.21. The molecule has 1 saturated carbocycles. The molecule has 0 aromatic carbocycles. The van der Waals surface area contributed by atoms with Crippen LogP contribution >= 0.6 is 22.6 Å². The molecule has 1 heterocycles. The zero-order chi connectivity index (χ0) is 12.3. The quantitative estimate of drug-likeness (QED) is 0.664. The van der Waals surface area contributed by atoms with Gasteiger partial charge in [-0.3, -0.25) is 0 Å². The topological polar surface area (TPSA) is 43.8 Å². The molecule has 3 nitrogen and oxygen atoms in total. The number of hydrogen-bond donors (Lipinski definition) is 1. The maximum absolute atomic E-state index is 6.07. The van der Waals surface area contributed by atoms with Crippen LogP contribution in [-0.2, 0) is 0 Å². The summed E-state index contributed by atoms with van der Waals surface area (Å²) < 4.78 is 3.13. The van der Waals surface area contributed by atoms with Gasteiger partial charge >= 0.3 is 0 Å². The van der Waals surface area contributed by atoms with Crippen molar-refractivity contribution in [2.75, 3.05) is 5.73 Å². The van der Waals surface area contributed by atoms with E-state index in [-0.39, 0.29) is 0 Å². The highest BCUT2D eigenvalue weighted by Crippen LogP contribution is 2.34. The Morgan fingerprint density at radius 1 is 1.41 bits per heavy atom. The molecule has 0 amide bonds. The van der Waals surface area contributed by atoms with Gasteiger partial charge < -0.3 is 5.73 Å². The molecule has 0 bridgehead atoms. The molecule has 1 aromatic rings. The number of anilines is 1. The zero-order valence-corrected chi connectivity index (χ0v) is 12.7. The zero-order valence-electron chi connectivity index (χ0n) is 10.5. The van der Waals surface area contributed by atoms with E-state index in [1.807, 2.05) is 6.20 Å². The Kier molecular flexibility index (Phi) is 4.70. The smallest absolute Gasteiger partial charge is 0.135 e. The highest BCUT2D eigenvalue weighted by atomic mass is 127. The van der Waals surface area contributed by atoms with Crippen molar-refractivity contribution in [2.45, 2.75) is 57.9 Å². The second kappa shape index (κ2) is 6.07. The predicted octanol–water partition coefficient (Wildman–Crippen LogP) is 3.99. The highest BCUT2D eigenvalue weighted by molar-refractivity contribution is 14.1. The van der Waals surface area contributed by atoms with Crippen LogP contribution in [0.3, 0.4) is 0 Å². The Bertz CT molecular complexity index is 362. The number of nitrogens with zero attached hydrogens (tertiary/aromatic N) is 2. The van der Waals surface area contributed by atoms with Crippen molar-refractivity contribution in [1.29, 1.82) is 0 Å². The Morgan fingerprint density at radius 2 is 2.24 bits per heavy atom. The fourth-order valence-corrected chi connectivity index (χ4v) is 3.31. The van der Waals surface area contributed by atoms with Crippen molar-refractivity contribution in [2.24, 2.45) is 5.92 Å². The molecular formula is C13H22IN3. The Hall–Kier alpha value is -0.260. The van der Waals surface area contributed by atoms with Crippen molar-refractivity contribution in [1.82, 2.24) is 9.78 Å². The summed E-state index contributed by atoms with van der Waals surface area (Å²) in [6.45, 7) is 2.29. The SMILES string of the molecule is CCCC1CCCC(n2ncc(I)c2N)CC1. The van der Waals surface area contributed by atoms with E-state index in [9.17, 15) is 0 Å². The van der Waals surface area contributed by atoms with Crippen molar-refractivity contribution < 1.29 is 0 Å². The van der Waals surface area contributed by atoms with Gasteiger partial charge in [0, 0.05) is 0 Å². The van der Waals surface area contributed by atoms with E-state index in [2.05, 4.69) is 39.3 Å². The molecule has 2 unspecified atom stereocenters. The van der Waals surface area contributed by atoms with Crippen LogP contribution in [0.4, 0.5) is 5.82 Å². The third-order valence-corrected chi connectivity index (χ3v) is 4.72. The molecule has 1 aliphatic rings. The van der Waals surface area contributed by atoms with Gasteiger partial charge in [0.05, 0.1) is 15.8 Å². The lowest BCUT2D eigenvalue weighted by Gasteiger charge is -2.17. The van der Waals surface area contributed by atoms with Gasteiger partial charge in [-0.15, -0.1) is 0 Å². The lowest BCUT2D eigenvalue weighted by molar-refractivity contribution is 0.388. The maximum atomic E-state index is 6.07. The maximum Gasteiger partial charge on any atom is 0.135 e. The standard InChI is InChI=1S/C13H22IN3/c1-2-4-10-5-3-6-11(8-7-10)17-13(15)12(14)9-16-17/h9-11H,2-8,15H2,1H3. The summed E-state index contributed by atoms with van der Waals surface area (Å²) in [5.41, 5.74) is 6.07. The lowest BCUT2D eigenvalue weighted by Crippen LogP contribution is -2.13. The molecule has 2 atom stereocenters. The predicted molar refractivity (Wildman–Crippen MR) is 79.9 cm³/mol. The number of nitrogens with two attached hydrogens (primary N) is 1. The summed E-state index contributed by atoms with van der Waals surface area (Å²) in [6, 6.07) is 0.528. The minimum atomic E-state index is 0.528. The molecule has 1 fully saturated rings. The second-order valence-electron chi connectivity index (χ2n) is 5.14. The molecule has 1 aromatic heterocycles. The van der Waals surface area contributed by atoms with E-state index < -0.39 is 0 Å². The first-order valence-corrected chi connectivity index (χ1v) is 7.78. The monoisotopic (exact) mass is 347 g/mol. The molecule has 17 heavy (non-hydrogen) atoms. The second-order valence-corrected chi connectivity index (χ2v) is 6.30. The van der Waals surface area contributed by atoms with Gasteiger partial charge in [-0.05, 0) is 47.8 Å². The van der Waals surface area contributed by atoms with Gasteiger partial charge in [0.15, 0.2) is 0 Å². The number of hydrogen-bond acceptors (Lipinski definition) is 2.